The Morgan fingerprint density at radius 3 is 2.35 bits per heavy atom. The molecule has 0 aliphatic carbocycles. The Labute approximate surface area is 120 Å². The molecule has 6 heteroatoms. The number of piperidine rings is 1. The number of nitrogens with one attached hydrogen (secondary N) is 1. The SMILES string of the molecule is CC[C@H](NC(=O)OC(C)(C)C)C(=O)N1CCC(O)CC1. The quantitative estimate of drug-likeness (QED) is 0.819. The fourth-order valence-corrected chi connectivity index (χ4v) is 2.09. The average molecular weight is 286 g/mol. The standard InChI is InChI=1S/C14H26N2O4/c1-5-11(15-13(19)20-14(2,3)4)12(18)16-8-6-10(17)7-9-16/h10-11,17H,5-9H2,1-4H3,(H,15,19)/t11-/m0/s1. The van der Waals surface area contributed by atoms with Crippen LogP contribution in [0.3, 0.4) is 0 Å². The molecule has 0 aromatic rings. The van der Waals surface area contributed by atoms with Crippen molar-refractivity contribution in [3.8, 4) is 0 Å². The minimum absolute atomic E-state index is 0.106. The molecule has 6 nitrogen and oxygen atoms in total. The molecule has 116 valence electrons. The molecular formula is C14H26N2O4. The number of ether oxygens (including phenoxy) is 1. The number of hydrogen-bond donors (Lipinski definition) is 2. The first kappa shape index (κ1) is 16.8. The summed E-state index contributed by atoms with van der Waals surface area (Å²) in [5.74, 6) is -0.106. The summed E-state index contributed by atoms with van der Waals surface area (Å²) in [5.41, 5.74) is -0.583. The van der Waals surface area contributed by atoms with E-state index in [0.717, 1.165) is 0 Å². The van der Waals surface area contributed by atoms with Crippen molar-refractivity contribution in [3.63, 3.8) is 0 Å². The van der Waals surface area contributed by atoms with Gasteiger partial charge in [-0.15, -0.1) is 0 Å². The number of hydrogen-bond acceptors (Lipinski definition) is 4. The summed E-state index contributed by atoms with van der Waals surface area (Å²) < 4.78 is 5.16. The van der Waals surface area contributed by atoms with Crippen molar-refractivity contribution >= 4 is 12.0 Å². The zero-order valence-corrected chi connectivity index (χ0v) is 12.8. The third kappa shape index (κ3) is 5.36. The number of alkyl carbamates (subject to hydrolysis) is 1. The lowest BCUT2D eigenvalue weighted by Crippen LogP contribution is -2.51. The molecule has 20 heavy (non-hydrogen) atoms. The second-order valence-corrected chi connectivity index (χ2v) is 6.16. The van der Waals surface area contributed by atoms with Crippen molar-refractivity contribution < 1.29 is 19.4 Å². The second-order valence-electron chi connectivity index (χ2n) is 6.16. The van der Waals surface area contributed by atoms with Gasteiger partial charge in [-0.05, 0) is 40.0 Å². The Morgan fingerprint density at radius 2 is 1.90 bits per heavy atom. The van der Waals surface area contributed by atoms with Crippen LogP contribution in [0.4, 0.5) is 4.79 Å². The Morgan fingerprint density at radius 1 is 1.35 bits per heavy atom. The van der Waals surface area contributed by atoms with Gasteiger partial charge in [-0.2, -0.15) is 0 Å². The van der Waals surface area contributed by atoms with E-state index in [0.29, 0.717) is 32.4 Å². The molecule has 1 atom stereocenters. The highest BCUT2D eigenvalue weighted by atomic mass is 16.6. The zero-order chi connectivity index (χ0) is 15.3. The molecule has 2 amide bonds. The van der Waals surface area contributed by atoms with Crippen molar-refractivity contribution in [3.05, 3.63) is 0 Å². The van der Waals surface area contributed by atoms with Gasteiger partial charge in [0, 0.05) is 13.1 Å². The first-order chi connectivity index (χ1) is 9.23. The van der Waals surface area contributed by atoms with E-state index in [2.05, 4.69) is 5.32 Å². The molecule has 1 aliphatic rings. The van der Waals surface area contributed by atoms with Crippen LogP contribution in [0.5, 0.6) is 0 Å². The van der Waals surface area contributed by atoms with Crippen molar-refractivity contribution in [2.45, 2.75) is 64.7 Å². The van der Waals surface area contributed by atoms with E-state index in [-0.39, 0.29) is 12.0 Å². The molecule has 0 unspecified atom stereocenters. The van der Waals surface area contributed by atoms with E-state index < -0.39 is 17.7 Å². The summed E-state index contributed by atoms with van der Waals surface area (Å²) in [5, 5.41) is 12.1. The molecule has 0 spiro atoms. The third-order valence-corrected chi connectivity index (χ3v) is 3.17. The predicted molar refractivity (Wildman–Crippen MR) is 75.3 cm³/mol. The van der Waals surface area contributed by atoms with Gasteiger partial charge in [-0.3, -0.25) is 4.79 Å². The van der Waals surface area contributed by atoms with Crippen molar-refractivity contribution in [1.29, 1.82) is 0 Å². The van der Waals surface area contributed by atoms with E-state index in [4.69, 9.17) is 4.74 Å². The number of nitrogens with zero attached hydrogens (tertiary/aromatic N) is 1. The first-order valence-electron chi connectivity index (χ1n) is 7.19. The molecule has 0 aromatic carbocycles. The molecule has 1 fully saturated rings. The van der Waals surface area contributed by atoms with Crippen LogP contribution in [0.2, 0.25) is 0 Å². The average Bonchev–Trinajstić information content (AvgIpc) is 2.34. The summed E-state index contributed by atoms with van der Waals surface area (Å²) in [6, 6.07) is -0.569. The van der Waals surface area contributed by atoms with Gasteiger partial charge in [0.15, 0.2) is 0 Å². The molecule has 1 heterocycles. The van der Waals surface area contributed by atoms with E-state index in [9.17, 15) is 14.7 Å². The van der Waals surface area contributed by atoms with Crippen molar-refractivity contribution in [1.82, 2.24) is 10.2 Å². The van der Waals surface area contributed by atoms with Gasteiger partial charge >= 0.3 is 6.09 Å². The fraction of sp³-hybridized carbons (Fsp3) is 0.857. The lowest BCUT2D eigenvalue weighted by atomic mass is 10.1. The first-order valence-corrected chi connectivity index (χ1v) is 7.19. The Balaban J connectivity index is 2.53. The monoisotopic (exact) mass is 286 g/mol. The maximum absolute atomic E-state index is 12.3. The van der Waals surface area contributed by atoms with Gasteiger partial charge in [0.05, 0.1) is 6.10 Å². The van der Waals surface area contributed by atoms with Crippen LogP contribution in [-0.4, -0.2) is 52.8 Å². The summed E-state index contributed by atoms with van der Waals surface area (Å²) in [6.07, 6.45) is 0.799. The highest BCUT2D eigenvalue weighted by molar-refractivity contribution is 5.85. The number of aliphatic hydroxyl groups excluding tert-OH is 1. The van der Waals surface area contributed by atoms with E-state index in [1.165, 1.54) is 0 Å². The van der Waals surface area contributed by atoms with E-state index in [1.807, 2.05) is 6.92 Å². The normalized spacial score (nSPS) is 18.6. The van der Waals surface area contributed by atoms with Gasteiger partial charge < -0.3 is 20.1 Å². The van der Waals surface area contributed by atoms with Crippen LogP contribution in [0, 0.1) is 0 Å². The number of likely N-dealkylation sites (tertiary alicyclic amines) is 1. The van der Waals surface area contributed by atoms with Crippen LogP contribution in [0.15, 0.2) is 0 Å². The minimum atomic E-state index is -0.583. The van der Waals surface area contributed by atoms with E-state index in [1.54, 1.807) is 25.7 Å². The maximum Gasteiger partial charge on any atom is 0.408 e. The summed E-state index contributed by atoms with van der Waals surface area (Å²) >= 11 is 0. The number of aliphatic hydroxyl groups is 1. The number of amides is 2. The lowest BCUT2D eigenvalue weighted by molar-refractivity contribution is -0.135. The van der Waals surface area contributed by atoms with Crippen LogP contribution in [0.25, 0.3) is 0 Å². The zero-order valence-electron chi connectivity index (χ0n) is 12.8. The highest BCUT2D eigenvalue weighted by Crippen LogP contribution is 2.13. The van der Waals surface area contributed by atoms with Crippen molar-refractivity contribution in [2.75, 3.05) is 13.1 Å². The smallest absolute Gasteiger partial charge is 0.408 e. The van der Waals surface area contributed by atoms with Gasteiger partial charge in [-0.1, -0.05) is 6.92 Å². The largest absolute Gasteiger partial charge is 0.444 e. The molecule has 0 aromatic heterocycles. The fourth-order valence-electron chi connectivity index (χ4n) is 2.09. The summed E-state index contributed by atoms with van der Waals surface area (Å²) in [6.45, 7) is 8.25. The van der Waals surface area contributed by atoms with Crippen molar-refractivity contribution in [2.24, 2.45) is 0 Å². The number of rotatable bonds is 3. The lowest BCUT2D eigenvalue weighted by Gasteiger charge is -2.32. The summed E-state index contributed by atoms with van der Waals surface area (Å²) in [4.78, 5) is 25.7. The molecule has 1 aliphatic heterocycles. The van der Waals surface area contributed by atoms with Gasteiger partial charge in [0.2, 0.25) is 5.91 Å². The molecule has 0 saturated carbocycles. The maximum atomic E-state index is 12.3. The number of carbonyl (C=O) groups is 2. The molecular weight excluding hydrogens is 260 g/mol. The van der Waals surface area contributed by atoms with Gasteiger partial charge in [0.25, 0.3) is 0 Å². The molecule has 0 bridgehead atoms. The van der Waals surface area contributed by atoms with Crippen LogP contribution >= 0.6 is 0 Å². The Bertz CT molecular complexity index is 344. The molecule has 1 rings (SSSR count). The van der Waals surface area contributed by atoms with Crippen LogP contribution in [-0.2, 0) is 9.53 Å². The Hall–Kier alpha value is -1.30. The van der Waals surface area contributed by atoms with Gasteiger partial charge in [-0.25, -0.2) is 4.79 Å². The topological polar surface area (TPSA) is 78.9 Å². The second kappa shape index (κ2) is 6.92. The predicted octanol–water partition coefficient (Wildman–Crippen LogP) is 1.27. The van der Waals surface area contributed by atoms with Crippen LogP contribution < -0.4 is 5.32 Å². The number of carbonyl (C=O) groups excluding carboxylic acids is 2. The molecule has 0 radical (unpaired) electrons. The Kier molecular flexibility index (Phi) is 5.80. The summed E-state index contributed by atoms with van der Waals surface area (Å²) in [7, 11) is 0. The highest BCUT2D eigenvalue weighted by Gasteiger charge is 2.29. The van der Waals surface area contributed by atoms with Crippen LogP contribution in [0.1, 0.15) is 47.0 Å². The third-order valence-electron chi connectivity index (χ3n) is 3.17. The van der Waals surface area contributed by atoms with E-state index >= 15 is 0 Å². The molecule has 2 N–H and O–H groups in total. The minimum Gasteiger partial charge on any atom is -0.444 e. The van der Waals surface area contributed by atoms with Gasteiger partial charge in [0.1, 0.15) is 11.6 Å². The molecule has 1 saturated heterocycles.